The van der Waals surface area contributed by atoms with Crippen molar-refractivity contribution in [3.63, 3.8) is 0 Å². The molecule has 0 aromatic heterocycles. The summed E-state index contributed by atoms with van der Waals surface area (Å²) in [5, 5.41) is 12.2. The van der Waals surface area contributed by atoms with E-state index in [0.717, 1.165) is 0 Å². The fraction of sp³-hybridized carbons (Fsp3) is 0.167. The molecule has 2 aromatic carbocycles. The smallest absolute Gasteiger partial charge is 0.254 e. The first-order valence-corrected chi connectivity index (χ1v) is 8.25. The summed E-state index contributed by atoms with van der Waals surface area (Å²) in [4.78, 5) is 26.2. The van der Waals surface area contributed by atoms with E-state index in [0.29, 0.717) is 33.4 Å². The molecule has 0 unspecified atom stereocenters. The molecule has 0 bridgehead atoms. The van der Waals surface area contributed by atoms with Gasteiger partial charge in [-0.3, -0.25) is 9.59 Å². The minimum Gasteiger partial charge on any atom is -0.330 e. The van der Waals surface area contributed by atoms with Gasteiger partial charge in [-0.2, -0.15) is 5.26 Å². The number of likely N-dealkylation sites (N-methyl/N-ethyl adjacent to an activating group) is 1. The third-order valence-electron chi connectivity index (χ3n) is 3.47. The summed E-state index contributed by atoms with van der Waals surface area (Å²) >= 11 is 12.1. The molecule has 2 rings (SSSR count). The van der Waals surface area contributed by atoms with E-state index >= 15 is 0 Å². The van der Waals surface area contributed by atoms with E-state index in [1.807, 2.05) is 6.07 Å². The van der Waals surface area contributed by atoms with Crippen molar-refractivity contribution in [3.05, 3.63) is 63.6 Å². The maximum Gasteiger partial charge on any atom is 0.254 e. The van der Waals surface area contributed by atoms with E-state index in [9.17, 15) is 9.59 Å². The van der Waals surface area contributed by atoms with Gasteiger partial charge in [0, 0.05) is 12.1 Å². The van der Waals surface area contributed by atoms with Gasteiger partial charge in [-0.15, -0.1) is 0 Å². The van der Waals surface area contributed by atoms with Crippen molar-refractivity contribution in [2.24, 2.45) is 0 Å². The second-order valence-electron chi connectivity index (χ2n) is 5.16. The predicted octanol–water partition coefficient (Wildman–Crippen LogP) is 3.97. The van der Waals surface area contributed by atoms with E-state index < -0.39 is 5.91 Å². The van der Waals surface area contributed by atoms with Crippen molar-refractivity contribution in [2.45, 2.75) is 6.92 Å². The first-order chi connectivity index (χ1) is 12.0. The molecular weight excluding hydrogens is 361 g/mol. The molecule has 7 heteroatoms. The topological polar surface area (TPSA) is 73.2 Å². The molecule has 0 atom stereocenters. The maximum absolute atomic E-state index is 12.6. The number of amides is 2. The quantitative estimate of drug-likeness (QED) is 0.858. The molecule has 0 aliphatic carbocycles. The Bertz CT molecular complexity index is 826. The van der Waals surface area contributed by atoms with Gasteiger partial charge in [-0.05, 0) is 37.3 Å². The first kappa shape index (κ1) is 18.8. The highest BCUT2D eigenvalue weighted by Gasteiger charge is 2.19. The summed E-state index contributed by atoms with van der Waals surface area (Å²) in [7, 11) is 0. The summed E-state index contributed by atoms with van der Waals surface area (Å²) in [6.07, 6.45) is 0. The highest BCUT2D eigenvalue weighted by molar-refractivity contribution is 6.39. The van der Waals surface area contributed by atoms with Gasteiger partial charge in [0.1, 0.15) is 6.54 Å². The first-order valence-electron chi connectivity index (χ1n) is 7.49. The zero-order valence-electron chi connectivity index (χ0n) is 13.4. The second kappa shape index (κ2) is 8.52. The molecule has 2 amide bonds. The van der Waals surface area contributed by atoms with Gasteiger partial charge in [0.2, 0.25) is 5.91 Å². The lowest BCUT2D eigenvalue weighted by Crippen LogP contribution is -2.38. The number of hydrogen-bond acceptors (Lipinski definition) is 3. The Morgan fingerprint density at radius 2 is 1.80 bits per heavy atom. The summed E-state index contributed by atoms with van der Waals surface area (Å²) in [6, 6.07) is 13.2. The number of rotatable bonds is 5. The number of carbonyl (C=O) groups excluding carboxylic acids is 2. The number of halogens is 2. The highest BCUT2D eigenvalue weighted by atomic mass is 35.5. The lowest BCUT2D eigenvalue weighted by atomic mass is 10.1. The molecule has 0 saturated carbocycles. The molecule has 2 aromatic rings. The number of nitriles is 1. The molecule has 0 aliphatic rings. The molecule has 0 saturated heterocycles. The van der Waals surface area contributed by atoms with Gasteiger partial charge < -0.3 is 10.2 Å². The number of hydrogen-bond donors (Lipinski definition) is 1. The van der Waals surface area contributed by atoms with Crippen LogP contribution < -0.4 is 5.32 Å². The Hall–Kier alpha value is -2.55. The molecule has 0 aliphatic heterocycles. The number of nitrogens with one attached hydrogen (secondary N) is 1. The van der Waals surface area contributed by atoms with Crippen LogP contribution >= 0.6 is 23.2 Å². The van der Waals surface area contributed by atoms with Gasteiger partial charge in [0.25, 0.3) is 5.91 Å². The van der Waals surface area contributed by atoms with E-state index in [1.54, 1.807) is 43.3 Å². The number of nitrogens with zero attached hydrogens (tertiary/aromatic N) is 2. The average Bonchev–Trinajstić information content (AvgIpc) is 2.62. The summed E-state index contributed by atoms with van der Waals surface area (Å²) in [5.41, 5.74) is 1.05. The maximum atomic E-state index is 12.6. The fourth-order valence-electron chi connectivity index (χ4n) is 2.20. The molecule has 0 heterocycles. The van der Waals surface area contributed by atoms with Crippen molar-refractivity contribution in [3.8, 4) is 6.07 Å². The van der Waals surface area contributed by atoms with Gasteiger partial charge >= 0.3 is 0 Å². The molecule has 0 radical (unpaired) electrons. The van der Waals surface area contributed by atoms with Crippen LogP contribution in [0.1, 0.15) is 22.8 Å². The fourth-order valence-corrected chi connectivity index (χ4v) is 2.69. The van der Waals surface area contributed by atoms with Crippen LogP contribution in [0.3, 0.4) is 0 Å². The third kappa shape index (κ3) is 4.72. The zero-order chi connectivity index (χ0) is 18.4. The van der Waals surface area contributed by atoms with Crippen LogP contribution in [0.2, 0.25) is 10.0 Å². The van der Waals surface area contributed by atoms with Crippen LogP contribution in [-0.2, 0) is 4.79 Å². The molecule has 1 N–H and O–H groups in total. The number of para-hydroxylation sites is 1. The average molecular weight is 376 g/mol. The second-order valence-corrected chi connectivity index (χ2v) is 5.97. The molecular formula is C18H15Cl2N3O2. The van der Waals surface area contributed by atoms with Crippen molar-refractivity contribution in [2.75, 3.05) is 18.4 Å². The van der Waals surface area contributed by atoms with Gasteiger partial charge in [-0.25, -0.2) is 0 Å². The van der Waals surface area contributed by atoms with Crippen LogP contribution in [0.25, 0.3) is 0 Å². The van der Waals surface area contributed by atoms with Crippen molar-refractivity contribution >= 4 is 40.7 Å². The standard InChI is InChI=1S/C18H15Cl2N3O2/c1-2-23(18(25)13-6-3-5-12(9-13)10-21)11-16(24)22-17-14(19)7-4-8-15(17)20/h3-9H,2,11H2,1H3,(H,22,24). The molecule has 128 valence electrons. The zero-order valence-corrected chi connectivity index (χ0v) is 14.9. The molecule has 0 spiro atoms. The highest BCUT2D eigenvalue weighted by Crippen LogP contribution is 2.29. The van der Waals surface area contributed by atoms with E-state index in [1.165, 1.54) is 11.0 Å². The normalized spacial score (nSPS) is 10.0. The van der Waals surface area contributed by atoms with Crippen molar-refractivity contribution in [1.82, 2.24) is 4.90 Å². The summed E-state index contributed by atoms with van der Waals surface area (Å²) in [6.45, 7) is 1.94. The van der Waals surface area contributed by atoms with Crippen LogP contribution in [0.5, 0.6) is 0 Å². The SMILES string of the molecule is CCN(CC(=O)Nc1c(Cl)cccc1Cl)C(=O)c1cccc(C#N)c1. The Morgan fingerprint density at radius 1 is 1.16 bits per heavy atom. The third-order valence-corrected chi connectivity index (χ3v) is 4.10. The number of anilines is 1. The summed E-state index contributed by atoms with van der Waals surface area (Å²) in [5.74, 6) is -0.748. The minimum absolute atomic E-state index is 0.159. The predicted molar refractivity (Wildman–Crippen MR) is 97.8 cm³/mol. The molecule has 0 fully saturated rings. The van der Waals surface area contributed by atoms with Gasteiger partial charge in [0.15, 0.2) is 0 Å². The lowest BCUT2D eigenvalue weighted by Gasteiger charge is -2.21. The Morgan fingerprint density at radius 3 is 2.40 bits per heavy atom. The van der Waals surface area contributed by atoms with Gasteiger partial charge in [-0.1, -0.05) is 35.3 Å². The monoisotopic (exact) mass is 375 g/mol. The summed E-state index contributed by atoms with van der Waals surface area (Å²) < 4.78 is 0. The van der Waals surface area contributed by atoms with E-state index in [2.05, 4.69) is 5.32 Å². The van der Waals surface area contributed by atoms with Crippen LogP contribution in [-0.4, -0.2) is 29.8 Å². The van der Waals surface area contributed by atoms with Crippen molar-refractivity contribution < 1.29 is 9.59 Å². The Balaban J connectivity index is 2.12. The van der Waals surface area contributed by atoms with Crippen LogP contribution in [0.4, 0.5) is 5.69 Å². The van der Waals surface area contributed by atoms with E-state index in [4.69, 9.17) is 28.5 Å². The lowest BCUT2D eigenvalue weighted by molar-refractivity contribution is -0.116. The Kier molecular flexibility index (Phi) is 6.40. The Labute approximate surface area is 155 Å². The number of carbonyl (C=O) groups is 2. The molecule has 25 heavy (non-hydrogen) atoms. The van der Waals surface area contributed by atoms with Crippen LogP contribution in [0.15, 0.2) is 42.5 Å². The largest absolute Gasteiger partial charge is 0.330 e. The number of benzene rings is 2. The van der Waals surface area contributed by atoms with Crippen molar-refractivity contribution in [1.29, 1.82) is 5.26 Å². The van der Waals surface area contributed by atoms with Gasteiger partial charge in [0.05, 0.1) is 27.4 Å². The van der Waals surface area contributed by atoms with E-state index in [-0.39, 0.29) is 12.5 Å². The molecule has 5 nitrogen and oxygen atoms in total. The minimum atomic E-state index is -0.415. The van der Waals surface area contributed by atoms with Crippen LogP contribution in [0, 0.1) is 11.3 Å².